The van der Waals surface area contributed by atoms with Crippen molar-refractivity contribution in [3.05, 3.63) is 38.4 Å². The molecule has 0 saturated carbocycles. The smallest absolute Gasteiger partial charge is 0.260 e. The van der Waals surface area contributed by atoms with Crippen LogP contribution in [0.25, 0.3) is 5.70 Å². The molecule has 0 bridgehead atoms. The highest BCUT2D eigenvalue weighted by Gasteiger charge is 2.47. The summed E-state index contributed by atoms with van der Waals surface area (Å²) in [6, 6.07) is 1.46. The van der Waals surface area contributed by atoms with Crippen LogP contribution in [0.15, 0.2) is 27.0 Å². The van der Waals surface area contributed by atoms with E-state index in [0.717, 1.165) is 25.9 Å². The van der Waals surface area contributed by atoms with Crippen molar-refractivity contribution in [3.63, 3.8) is 0 Å². The third-order valence-corrected chi connectivity index (χ3v) is 7.32. The van der Waals surface area contributed by atoms with Gasteiger partial charge in [-0.3, -0.25) is 9.36 Å². The number of hydrogen-bond donors (Lipinski definition) is 1. The average molecular weight is 443 g/mol. The quantitative estimate of drug-likeness (QED) is 0.761. The molecule has 1 aromatic heterocycles. The second-order valence-electron chi connectivity index (χ2n) is 8.18. The number of aromatic nitrogens is 2. The number of allylic oxidation sites excluding steroid dienone is 4. The second-order valence-corrected chi connectivity index (χ2v) is 8.97. The lowest BCUT2D eigenvalue weighted by atomic mass is 9.73. The number of aryl methyl sites for hydroxylation is 1. The highest BCUT2D eigenvalue weighted by molar-refractivity contribution is 6.45. The van der Waals surface area contributed by atoms with Gasteiger partial charge in [0.1, 0.15) is 17.8 Å². The SMILES string of the molecule is Cc1nc(N2CCC3(CC2)CO[C@@H](C)[C@H]3N)cc(=O)n1C1=C(Cl)C(Cl)=CC[C@@H]1F. The van der Waals surface area contributed by atoms with E-state index in [4.69, 9.17) is 33.7 Å². The summed E-state index contributed by atoms with van der Waals surface area (Å²) < 4.78 is 21.5. The number of alkyl halides is 1. The minimum atomic E-state index is -1.41. The number of piperidine rings is 1. The van der Waals surface area contributed by atoms with Gasteiger partial charge in [-0.15, -0.1) is 0 Å². The van der Waals surface area contributed by atoms with Gasteiger partial charge in [0.2, 0.25) is 0 Å². The summed E-state index contributed by atoms with van der Waals surface area (Å²) in [6.07, 6.45) is 2.01. The molecular weight excluding hydrogens is 418 g/mol. The van der Waals surface area contributed by atoms with E-state index < -0.39 is 6.17 Å². The van der Waals surface area contributed by atoms with Crippen molar-refractivity contribution >= 4 is 34.7 Å². The van der Waals surface area contributed by atoms with E-state index in [-0.39, 0.29) is 45.3 Å². The van der Waals surface area contributed by atoms with Gasteiger partial charge < -0.3 is 15.4 Å². The summed E-state index contributed by atoms with van der Waals surface area (Å²) in [4.78, 5) is 19.5. The molecule has 0 unspecified atom stereocenters. The Balaban J connectivity index is 1.60. The molecule has 158 valence electrons. The van der Waals surface area contributed by atoms with Crippen molar-refractivity contribution in [2.45, 2.75) is 51.4 Å². The maximum Gasteiger partial charge on any atom is 0.260 e. The van der Waals surface area contributed by atoms with Gasteiger partial charge in [-0.1, -0.05) is 29.3 Å². The van der Waals surface area contributed by atoms with Crippen LogP contribution in [0.4, 0.5) is 10.2 Å². The zero-order valence-electron chi connectivity index (χ0n) is 16.5. The summed E-state index contributed by atoms with van der Waals surface area (Å²) >= 11 is 12.3. The summed E-state index contributed by atoms with van der Waals surface area (Å²) in [5.41, 5.74) is 6.06. The number of rotatable bonds is 2. The van der Waals surface area contributed by atoms with E-state index in [9.17, 15) is 9.18 Å². The molecule has 0 radical (unpaired) electrons. The summed E-state index contributed by atoms with van der Waals surface area (Å²) in [6.45, 7) is 5.85. The Labute approximate surface area is 179 Å². The Morgan fingerprint density at radius 2 is 2.03 bits per heavy atom. The maximum absolute atomic E-state index is 14.5. The highest BCUT2D eigenvalue weighted by atomic mass is 35.5. The fourth-order valence-electron chi connectivity index (χ4n) is 4.60. The fraction of sp³-hybridized carbons (Fsp3) is 0.600. The number of anilines is 1. The molecule has 1 aliphatic carbocycles. The first-order valence-corrected chi connectivity index (χ1v) is 10.6. The Kier molecular flexibility index (Phi) is 5.53. The molecule has 0 amide bonds. The van der Waals surface area contributed by atoms with Crippen molar-refractivity contribution in [1.82, 2.24) is 9.55 Å². The highest BCUT2D eigenvalue weighted by Crippen LogP contribution is 2.42. The van der Waals surface area contributed by atoms with E-state index in [1.807, 2.05) is 6.92 Å². The number of halogens is 3. The number of nitrogens with zero attached hydrogens (tertiary/aromatic N) is 3. The van der Waals surface area contributed by atoms with Gasteiger partial charge in [-0.05, 0) is 26.7 Å². The Morgan fingerprint density at radius 1 is 1.34 bits per heavy atom. The molecule has 4 rings (SSSR count). The van der Waals surface area contributed by atoms with Crippen molar-refractivity contribution in [2.24, 2.45) is 11.1 Å². The molecule has 2 saturated heterocycles. The second kappa shape index (κ2) is 7.69. The number of ether oxygens (including phenoxy) is 1. The minimum absolute atomic E-state index is 0.00901. The van der Waals surface area contributed by atoms with E-state index in [2.05, 4.69) is 9.88 Å². The lowest BCUT2D eigenvalue weighted by Crippen LogP contribution is -2.51. The Morgan fingerprint density at radius 3 is 2.62 bits per heavy atom. The molecule has 2 N–H and O–H groups in total. The van der Waals surface area contributed by atoms with Crippen molar-refractivity contribution < 1.29 is 9.13 Å². The molecule has 9 heteroatoms. The predicted octanol–water partition coefficient (Wildman–Crippen LogP) is 3.16. The minimum Gasteiger partial charge on any atom is -0.376 e. The lowest BCUT2D eigenvalue weighted by Gasteiger charge is -2.41. The predicted molar refractivity (Wildman–Crippen MR) is 113 cm³/mol. The van der Waals surface area contributed by atoms with Crippen LogP contribution in [0.3, 0.4) is 0 Å². The van der Waals surface area contributed by atoms with E-state index >= 15 is 0 Å². The van der Waals surface area contributed by atoms with Crippen LogP contribution in [0, 0.1) is 12.3 Å². The Hall–Kier alpha value is -1.41. The van der Waals surface area contributed by atoms with Gasteiger partial charge >= 0.3 is 0 Å². The van der Waals surface area contributed by atoms with Gasteiger partial charge in [-0.2, -0.15) is 0 Å². The Bertz CT molecular complexity index is 937. The first kappa shape index (κ1) is 20.8. The summed E-state index contributed by atoms with van der Waals surface area (Å²) in [5.74, 6) is 0.966. The standard InChI is InChI=1S/C20H25Cl2FN4O2/c1-11-19(24)20(10-29-11)5-7-26(8-6-20)15-9-16(28)27(12(2)25-15)18-14(23)4-3-13(21)17(18)22/h3,9,11,14,19H,4-8,10,24H2,1-2H3/t11-,14-,19+/m0/s1. The van der Waals surface area contributed by atoms with E-state index in [1.165, 1.54) is 16.7 Å². The van der Waals surface area contributed by atoms with Gasteiger partial charge in [0.25, 0.3) is 5.56 Å². The maximum atomic E-state index is 14.5. The summed E-state index contributed by atoms with van der Waals surface area (Å²) in [5, 5.41) is 0.297. The monoisotopic (exact) mass is 442 g/mol. The van der Waals surface area contributed by atoms with E-state index in [0.29, 0.717) is 18.2 Å². The molecule has 6 nitrogen and oxygen atoms in total. The third kappa shape index (κ3) is 3.52. The van der Waals surface area contributed by atoms with Crippen molar-refractivity contribution in [2.75, 3.05) is 24.6 Å². The molecule has 2 aliphatic heterocycles. The molecule has 3 aliphatic rings. The molecular formula is C20H25Cl2FN4O2. The van der Waals surface area contributed by atoms with Crippen LogP contribution in [0.1, 0.15) is 32.0 Å². The number of hydrogen-bond acceptors (Lipinski definition) is 5. The molecule has 29 heavy (non-hydrogen) atoms. The van der Waals surface area contributed by atoms with Gasteiger partial charge in [0, 0.05) is 37.0 Å². The van der Waals surface area contributed by atoms with Crippen LogP contribution in [0.2, 0.25) is 0 Å². The molecule has 3 heterocycles. The fourth-order valence-corrected chi connectivity index (χ4v) is 5.06. The van der Waals surface area contributed by atoms with Crippen LogP contribution in [-0.4, -0.2) is 47.6 Å². The van der Waals surface area contributed by atoms with Crippen molar-refractivity contribution in [3.8, 4) is 0 Å². The van der Waals surface area contributed by atoms with Crippen LogP contribution < -0.4 is 16.2 Å². The molecule has 2 fully saturated rings. The third-order valence-electron chi connectivity index (χ3n) is 6.48. The van der Waals surface area contributed by atoms with Gasteiger partial charge in [0.15, 0.2) is 0 Å². The molecule has 1 spiro atoms. The topological polar surface area (TPSA) is 73.4 Å². The zero-order chi connectivity index (χ0) is 20.9. The largest absolute Gasteiger partial charge is 0.376 e. The normalized spacial score (nSPS) is 29.5. The van der Waals surface area contributed by atoms with Crippen LogP contribution in [0.5, 0.6) is 0 Å². The van der Waals surface area contributed by atoms with E-state index in [1.54, 1.807) is 6.92 Å². The number of nitrogens with two attached hydrogens (primary N) is 1. The van der Waals surface area contributed by atoms with Crippen molar-refractivity contribution in [1.29, 1.82) is 0 Å². The lowest BCUT2D eigenvalue weighted by molar-refractivity contribution is 0.0974. The summed E-state index contributed by atoms with van der Waals surface area (Å²) in [7, 11) is 0. The molecule has 3 atom stereocenters. The van der Waals surface area contributed by atoms with Crippen LogP contribution in [-0.2, 0) is 4.74 Å². The van der Waals surface area contributed by atoms with Gasteiger partial charge in [-0.25, -0.2) is 9.37 Å². The first-order chi connectivity index (χ1) is 13.7. The first-order valence-electron chi connectivity index (χ1n) is 9.86. The van der Waals surface area contributed by atoms with Crippen LogP contribution >= 0.6 is 23.2 Å². The zero-order valence-corrected chi connectivity index (χ0v) is 18.0. The molecule has 1 aromatic rings. The van der Waals surface area contributed by atoms with Gasteiger partial charge in [0.05, 0.1) is 28.5 Å². The average Bonchev–Trinajstić information content (AvgIpc) is 2.96. The molecule has 0 aromatic carbocycles.